The minimum Gasteiger partial charge on any atom is -0.503 e. The number of aromatic hydroxyl groups is 1. The van der Waals surface area contributed by atoms with Crippen molar-refractivity contribution >= 4 is 31.9 Å². The molecule has 0 bridgehead atoms. The maximum absolute atomic E-state index is 10.2. The standard InChI is InChI=1S/C18H20Br2O4/c19-14-9-12(3-1-7-21)5-6-16(14)24-17-11-13(4-2-8-22)10-15(20)18(17)23/h5-6,9-11,21-23H,1-4,7-8H2. The summed E-state index contributed by atoms with van der Waals surface area (Å²) in [6.07, 6.45) is 2.86. The molecule has 0 aliphatic rings. The van der Waals surface area contributed by atoms with Crippen molar-refractivity contribution < 1.29 is 20.1 Å². The van der Waals surface area contributed by atoms with Gasteiger partial charge in [0.2, 0.25) is 0 Å². The second-order valence-corrected chi connectivity index (χ2v) is 7.15. The van der Waals surface area contributed by atoms with E-state index in [1.54, 1.807) is 6.07 Å². The molecule has 0 amide bonds. The molecule has 0 aliphatic heterocycles. The van der Waals surface area contributed by atoms with Crippen LogP contribution in [0.5, 0.6) is 17.2 Å². The molecule has 0 atom stereocenters. The Hall–Kier alpha value is -1.08. The molecule has 2 aromatic rings. The summed E-state index contributed by atoms with van der Waals surface area (Å²) in [5, 5.41) is 28.1. The van der Waals surface area contributed by atoms with Gasteiger partial charge in [-0.2, -0.15) is 0 Å². The van der Waals surface area contributed by atoms with E-state index in [2.05, 4.69) is 31.9 Å². The molecule has 0 radical (unpaired) electrons. The Morgan fingerprint density at radius 1 is 0.792 bits per heavy atom. The van der Waals surface area contributed by atoms with Crippen LogP contribution < -0.4 is 4.74 Å². The summed E-state index contributed by atoms with van der Waals surface area (Å²) in [7, 11) is 0. The number of aliphatic hydroxyl groups excluding tert-OH is 2. The monoisotopic (exact) mass is 458 g/mol. The minimum atomic E-state index is 0.0407. The van der Waals surface area contributed by atoms with Gasteiger partial charge in [-0.1, -0.05) is 6.07 Å². The topological polar surface area (TPSA) is 69.9 Å². The summed E-state index contributed by atoms with van der Waals surface area (Å²) in [6, 6.07) is 9.33. The predicted octanol–water partition coefficient (Wildman–Crippen LogP) is 4.56. The lowest BCUT2D eigenvalue weighted by Crippen LogP contribution is -1.94. The maximum Gasteiger partial charge on any atom is 0.172 e. The molecule has 3 N–H and O–H groups in total. The van der Waals surface area contributed by atoms with Gasteiger partial charge in [0.05, 0.1) is 8.95 Å². The van der Waals surface area contributed by atoms with Crippen molar-refractivity contribution in [3.63, 3.8) is 0 Å². The van der Waals surface area contributed by atoms with Gasteiger partial charge in [-0.15, -0.1) is 0 Å². The Balaban J connectivity index is 2.22. The van der Waals surface area contributed by atoms with E-state index in [9.17, 15) is 5.11 Å². The number of rotatable bonds is 8. The molecule has 0 fully saturated rings. The summed E-state index contributed by atoms with van der Waals surface area (Å²) in [6.45, 7) is 0.286. The number of benzene rings is 2. The molecule has 6 heteroatoms. The van der Waals surface area contributed by atoms with Crippen LogP contribution in [0.25, 0.3) is 0 Å². The summed E-state index contributed by atoms with van der Waals surface area (Å²) >= 11 is 6.82. The second-order valence-electron chi connectivity index (χ2n) is 5.45. The number of hydrogen-bond donors (Lipinski definition) is 3. The van der Waals surface area contributed by atoms with Crippen LogP contribution in [0.4, 0.5) is 0 Å². The molecule has 130 valence electrons. The zero-order valence-electron chi connectivity index (χ0n) is 13.1. The smallest absolute Gasteiger partial charge is 0.172 e. The van der Waals surface area contributed by atoms with Crippen molar-refractivity contribution in [2.75, 3.05) is 13.2 Å². The first-order chi connectivity index (χ1) is 11.5. The Labute approximate surface area is 158 Å². The quantitative estimate of drug-likeness (QED) is 0.541. The fourth-order valence-electron chi connectivity index (χ4n) is 2.32. The molecule has 0 aliphatic carbocycles. The molecule has 0 aromatic heterocycles. The second kappa shape index (κ2) is 9.42. The summed E-state index contributed by atoms with van der Waals surface area (Å²) < 4.78 is 7.21. The number of aliphatic hydroxyl groups is 2. The maximum atomic E-state index is 10.2. The number of phenolic OH excluding ortho intramolecular Hbond substituents is 1. The average Bonchev–Trinajstić information content (AvgIpc) is 2.57. The SMILES string of the molecule is OCCCc1ccc(Oc2cc(CCCO)cc(Br)c2O)c(Br)c1. The van der Waals surface area contributed by atoms with Gasteiger partial charge in [-0.3, -0.25) is 0 Å². The van der Waals surface area contributed by atoms with E-state index in [1.807, 2.05) is 24.3 Å². The van der Waals surface area contributed by atoms with Crippen LogP contribution in [-0.2, 0) is 12.8 Å². The van der Waals surface area contributed by atoms with Gasteiger partial charge in [-0.05, 0) is 92.9 Å². The lowest BCUT2D eigenvalue weighted by Gasteiger charge is -2.13. The summed E-state index contributed by atoms with van der Waals surface area (Å²) in [5.74, 6) is 1.00. The molecule has 4 nitrogen and oxygen atoms in total. The molecule has 0 saturated carbocycles. The fraction of sp³-hybridized carbons (Fsp3) is 0.333. The van der Waals surface area contributed by atoms with Crippen molar-refractivity contribution in [3.8, 4) is 17.2 Å². The van der Waals surface area contributed by atoms with Crippen LogP contribution >= 0.6 is 31.9 Å². The summed E-state index contributed by atoms with van der Waals surface area (Å²) in [4.78, 5) is 0. The third-order valence-corrected chi connectivity index (χ3v) is 4.78. The molecule has 0 heterocycles. The van der Waals surface area contributed by atoms with Crippen LogP contribution in [0.1, 0.15) is 24.0 Å². The van der Waals surface area contributed by atoms with Gasteiger partial charge in [0.25, 0.3) is 0 Å². The van der Waals surface area contributed by atoms with E-state index < -0.39 is 0 Å². The Morgan fingerprint density at radius 2 is 1.42 bits per heavy atom. The fourth-order valence-corrected chi connectivity index (χ4v) is 3.31. The zero-order chi connectivity index (χ0) is 17.5. The third kappa shape index (κ3) is 5.21. The molecule has 0 spiro atoms. The predicted molar refractivity (Wildman–Crippen MR) is 101 cm³/mol. The molecular weight excluding hydrogens is 440 g/mol. The third-order valence-electron chi connectivity index (χ3n) is 3.55. The van der Waals surface area contributed by atoms with E-state index in [0.29, 0.717) is 35.2 Å². The van der Waals surface area contributed by atoms with Crippen LogP contribution in [0.15, 0.2) is 39.3 Å². The van der Waals surface area contributed by atoms with Crippen molar-refractivity contribution in [3.05, 3.63) is 50.4 Å². The Bertz CT molecular complexity index is 689. The van der Waals surface area contributed by atoms with E-state index in [1.165, 1.54) is 0 Å². The number of phenols is 1. The molecule has 0 saturated heterocycles. The van der Waals surface area contributed by atoms with E-state index in [4.69, 9.17) is 14.9 Å². The number of halogens is 2. The van der Waals surface area contributed by atoms with Gasteiger partial charge < -0.3 is 20.1 Å². The Morgan fingerprint density at radius 3 is 2.04 bits per heavy atom. The van der Waals surface area contributed by atoms with Crippen molar-refractivity contribution in [1.29, 1.82) is 0 Å². The zero-order valence-corrected chi connectivity index (χ0v) is 16.3. The first-order valence-electron chi connectivity index (χ1n) is 7.74. The summed E-state index contributed by atoms with van der Waals surface area (Å²) in [5.41, 5.74) is 2.07. The minimum absolute atomic E-state index is 0.0407. The molecular formula is C18H20Br2O4. The number of aryl methyl sites for hydroxylation is 2. The van der Waals surface area contributed by atoms with Crippen LogP contribution in [0, 0.1) is 0 Å². The van der Waals surface area contributed by atoms with Gasteiger partial charge in [-0.25, -0.2) is 0 Å². The van der Waals surface area contributed by atoms with Crippen LogP contribution in [0.2, 0.25) is 0 Å². The first-order valence-corrected chi connectivity index (χ1v) is 9.33. The first kappa shape index (κ1) is 19.2. The lowest BCUT2D eigenvalue weighted by molar-refractivity contribution is 0.288. The highest BCUT2D eigenvalue weighted by Gasteiger charge is 2.12. The highest BCUT2D eigenvalue weighted by Crippen LogP contribution is 2.40. The normalized spacial score (nSPS) is 10.8. The number of hydrogen-bond acceptors (Lipinski definition) is 4. The van der Waals surface area contributed by atoms with Crippen LogP contribution in [0.3, 0.4) is 0 Å². The van der Waals surface area contributed by atoms with Gasteiger partial charge in [0, 0.05) is 13.2 Å². The molecule has 24 heavy (non-hydrogen) atoms. The van der Waals surface area contributed by atoms with E-state index in [0.717, 1.165) is 22.0 Å². The van der Waals surface area contributed by atoms with E-state index in [-0.39, 0.29) is 19.0 Å². The molecule has 2 rings (SSSR count). The lowest BCUT2D eigenvalue weighted by atomic mass is 10.1. The molecule has 2 aromatic carbocycles. The highest BCUT2D eigenvalue weighted by molar-refractivity contribution is 9.10. The van der Waals surface area contributed by atoms with Crippen molar-refractivity contribution in [2.24, 2.45) is 0 Å². The Kier molecular flexibility index (Phi) is 7.55. The van der Waals surface area contributed by atoms with Crippen molar-refractivity contribution in [2.45, 2.75) is 25.7 Å². The highest BCUT2D eigenvalue weighted by atomic mass is 79.9. The van der Waals surface area contributed by atoms with Gasteiger partial charge in [0.1, 0.15) is 5.75 Å². The molecule has 0 unspecified atom stereocenters. The van der Waals surface area contributed by atoms with Gasteiger partial charge >= 0.3 is 0 Å². The van der Waals surface area contributed by atoms with Crippen molar-refractivity contribution in [1.82, 2.24) is 0 Å². The largest absolute Gasteiger partial charge is 0.503 e. The number of ether oxygens (including phenoxy) is 1. The van der Waals surface area contributed by atoms with Crippen LogP contribution in [-0.4, -0.2) is 28.5 Å². The van der Waals surface area contributed by atoms with E-state index >= 15 is 0 Å². The average molecular weight is 460 g/mol. The van der Waals surface area contributed by atoms with Gasteiger partial charge in [0.15, 0.2) is 11.5 Å².